The molecule has 4 atom stereocenters. The van der Waals surface area contributed by atoms with Gasteiger partial charge >= 0.3 is 5.97 Å². The van der Waals surface area contributed by atoms with Crippen LogP contribution in [-0.4, -0.2) is 40.1 Å². The number of rotatable bonds is 6. The Labute approximate surface area is 193 Å². The van der Waals surface area contributed by atoms with Crippen LogP contribution in [0.15, 0.2) is 91.0 Å². The monoisotopic (exact) mass is 441 g/mol. The van der Waals surface area contributed by atoms with Gasteiger partial charge in [0.25, 0.3) is 0 Å². The number of nitrogens with zero attached hydrogens (tertiary/aromatic N) is 1. The van der Waals surface area contributed by atoms with Crippen molar-refractivity contribution in [3.05, 3.63) is 102 Å². The molecule has 3 aromatic rings. The van der Waals surface area contributed by atoms with Crippen molar-refractivity contribution in [3.63, 3.8) is 0 Å². The fraction of sp³-hybridized carbons (Fsp3) is 0.286. The zero-order valence-electron chi connectivity index (χ0n) is 18.3. The molecule has 3 aromatic carbocycles. The van der Waals surface area contributed by atoms with E-state index in [1.165, 1.54) is 0 Å². The number of aliphatic carboxylic acids is 1. The van der Waals surface area contributed by atoms with Crippen molar-refractivity contribution in [2.24, 2.45) is 5.92 Å². The van der Waals surface area contributed by atoms with E-state index in [9.17, 15) is 14.7 Å². The standard InChI is InChI=1S/C28H27NO4/c30-27(25(19-10-4-1-5-11-19)20-12-6-2-7-13-20)29-21-16-17-23(26(29)28(31)32)24(18-21)33-22-14-8-3-9-15-22/h1-15,21,23-26H,16-18H2,(H,31,32)/t21-,23+,24?,26+/m1/s1. The Balaban J connectivity index is 1.48. The molecule has 2 aliphatic heterocycles. The first-order chi connectivity index (χ1) is 16.1. The average molecular weight is 442 g/mol. The highest BCUT2D eigenvalue weighted by molar-refractivity contribution is 5.91. The van der Waals surface area contributed by atoms with Crippen molar-refractivity contribution in [2.75, 3.05) is 0 Å². The van der Waals surface area contributed by atoms with E-state index in [0.717, 1.165) is 29.7 Å². The first-order valence-corrected chi connectivity index (χ1v) is 11.5. The Kier molecular flexibility index (Phi) is 5.86. The second-order valence-electron chi connectivity index (χ2n) is 8.88. The summed E-state index contributed by atoms with van der Waals surface area (Å²) in [5.41, 5.74) is 1.74. The van der Waals surface area contributed by atoms with Gasteiger partial charge < -0.3 is 14.7 Å². The summed E-state index contributed by atoms with van der Waals surface area (Å²) < 4.78 is 6.23. The van der Waals surface area contributed by atoms with Gasteiger partial charge in [0.05, 0.1) is 5.92 Å². The van der Waals surface area contributed by atoms with Crippen LogP contribution in [0.4, 0.5) is 0 Å². The van der Waals surface area contributed by atoms with E-state index in [1.54, 1.807) is 4.90 Å². The van der Waals surface area contributed by atoms with Crippen molar-refractivity contribution in [3.8, 4) is 5.75 Å². The number of carboxylic acids is 1. The minimum Gasteiger partial charge on any atom is -0.490 e. The van der Waals surface area contributed by atoms with Crippen molar-refractivity contribution >= 4 is 11.9 Å². The summed E-state index contributed by atoms with van der Waals surface area (Å²) in [4.78, 5) is 28.3. The van der Waals surface area contributed by atoms with Gasteiger partial charge in [0, 0.05) is 18.4 Å². The summed E-state index contributed by atoms with van der Waals surface area (Å²) in [6, 6.07) is 27.7. The van der Waals surface area contributed by atoms with Crippen molar-refractivity contribution < 1.29 is 19.4 Å². The molecule has 168 valence electrons. The fourth-order valence-electron chi connectivity index (χ4n) is 5.52. The van der Waals surface area contributed by atoms with Crippen LogP contribution >= 0.6 is 0 Å². The number of carboxylic acid groups (broad SMARTS) is 1. The van der Waals surface area contributed by atoms with E-state index in [1.807, 2.05) is 91.0 Å². The predicted octanol–water partition coefficient (Wildman–Crippen LogP) is 4.73. The molecule has 0 aromatic heterocycles. The lowest BCUT2D eigenvalue weighted by Gasteiger charge is -2.53. The molecule has 0 radical (unpaired) electrons. The van der Waals surface area contributed by atoms with E-state index in [4.69, 9.17) is 4.74 Å². The van der Waals surface area contributed by atoms with Gasteiger partial charge in [0.15, 0.2) is 0 Å². The largest absolute Gasteiger partial charge is 0.490 e. The van der Waals surface area contributed by atoms with Gasteiger partial charge in [0.1, 0.15) is 17.9 Å². The SMILES string of the molecule is O=C(O)[C@@H]1[C@H]2CC[C@H](CC2Oc2ccccc2)N1C(=O)C(c1ccccc1)c1ccccc1. The van der Waals surface area contributed by atoms with E-state index in [0.29, 0.717) is 6.42 Å². The highest BCUT2D eigenvalue weighted by atomic mass is 16.5. The second kappa shape index (κ2) is 9.10. The molecule has 2 bridgehead atoms. The van der Waals surface area contributed by atoms with Crippen LogP contribution in [0.1, 0.15) is 36.3 Å². The summed E-state index contributed by atoms with van der Waals surface area (Å²) in [7, 11) is 0. The molecule has 3 fully saturated rings. The molecule has 1 amide bonds. The molecule has 2 saturated heterocycles. The van der Waals surface area contributed by atoms with Crippen molar-refractivity contribution in [1.29, 1.82) is 0 Å². The molecule has 1 unspecified atom stereocenters. The number of amides is 1. The Morgan fingerprint density at radius 2 is 1.36 bits per heavy atom. The lowest BCUT2D eigenvalue weighted by Crippen LogP contribution is -2.66. The van der Waals surface area contributed by atoms with Gasteiger partial charge in [-0.05, 0) is 36.1 Å². The van der Waals surface area contributed by atoms with E-state index in [2.05, 4.69) is 0 Å². The number of piperidine rings is 2. The van der Waals surface area contributed by atoms with Crippen LogP contribution in [-0.2, 0) is 9.59 Å². The number of fused-ring (bicyclic) bond motifs is 3. The molecular formula is C28H27NO4. The van der Waals surface area contributed by atoms with Crippen LogP contribution in [0.2, 0.25) is 0 Å². The van der Waals surface area contributed by atoms with Gasteiger partial charge in [-0.3, -0.25) is 4.79 Å². The van der Waals surface area contributed by atoms with Crippen LogP contribution in [0, 0.1) is 5.92 Å². The van der Waals surface area contributed by atoms with Gasteiger partial charge in [0.2, 0.25) is 5.91 Å². The molecule has 5 nitrogen and oxygen atoms in total. The maximum absolute atomic E-state index is 14.1. The molecular weight excluding hydrogens is 414 g/mol. The molecule has 5 heteroatoms. The number of carbonyl (C=O) groups excluding carboxylic acids is 1. The van der Waals surface area contributed by atoms with Gasteiger partial charge in [-0.15, -0.1) is 0 Å². The Morgan fingerprint density at radius 1 is 0.818 bits per heavy atom. The van der Waals surface area contributed by atoms with Crippen LogP contribution in [0.25, 0.3) is 0 Å². The highest BCUT2D eigenvalue weighted by Crippen LogP contribution is 2.44. The van der Waals surface area contributed by atoms with Crippen LogP contribution < -0.4 is 4.74 Å². The minimum absolute atomic E-state index is 0.146. The topological polar surface area (TPSA) is 66.8 Å². The van der Waals surface area contributed by atoms with Crippen molar-refractivity contribution in [2.45, 2.75) is 43.4 Å². The van der Waals surface area contributed by atoms with Gasteiger partial charge in [-0.25, -0.2) is 4.79 Å². The molecule has 1 aliphatic carbocycles. The Bertz CT molecular complexity index is 1060. The summed E-state index contributed by atoms with van der Waals surface area (Å²) in [5.74, 6) is -1.15. The summed E-state index contributed by atoms with van der Waals surface area (Å²) in [5, 5.41) is 10.2. The number of carbonyl (C=O) groups is 2. The molecule has 1 N–H and O–H groups in total. The van der Waals surface area contributed by atoms with Crippen LogP contribution in [0.5, 0.6) is 5.75 Å². The highest BCUT2D eigenvalue weighted by Gasteiger charge is 2.54. The molecule has 3 aliphatic rings. The number of ether oxygens (including phenoxy) is 1. The third kappa shape index (κ3) is 4.11. The molecule has 0 spiro atoms. The van der Waals surface area contributed by atoms with Crippen LogP contribution in [0.3, 0.4) is 0 Å². The normalized spacial score (nSPS) is 24.0. The lowest BCUT2D eigenvalue weighted by molar-refractivity contribution is -0.170. The Hall–Kier alpha value is -3.60. The maximum Gasteiger partial charge on any atom is 0.326 e. The predicted molar refractivity (Wildman–Crippen MR) is 125 cm³/mol. The molecule has 2 heterocycles. The number of hydrogen-bond donors (Lipinski definition) is 1. The quantitative estimate of drug-likeness (QED) is 0.601. The van der Waals surface area contributed by atoms with E-state index in [-0.39, 0.29) is 24.0 Å². The van der Waals surface area contributed by atoms with Gasteiger partial charge in [-0.1, -0.05) is 78.9 Å². The number of para-hydroxylation sites is 1. The first-order valence-electron chi connectivity index (χ1n) is 11.5. The summed E-state index contributed by atoms with van der Waals surface area (Å²) >= 11 is 0. The average Bonchev–Trinajstić information content (AvgIpc) is 2.86. The third-order valence-corrected chi connectivity index (χ3v) is 6.96. The fourth-order valence-corrected chi connectivity index (χ4v) is 5.52. The Morgan fingerprint density at radius 3 is 1.91 bits per heavy atom. The molecule has 1 saturated carbocycles. The lowest BCUT2D eigenvalue weighted by atomic mass is 9.71. The summed E-state index contributed by atoms with van der Waals surface area (Å²) in [6.07, 6.45) is 1.96. The van der Waals surface area contributed by atoms with E-state index < -0.39 is 17.9 Å². The van der Waals surface area contributed by atoms with Gasteiger partial charge in [-0.2, -0.15) is 0 Å². The molecule has 33 heavy (non-hydrogen) atoms. The molecule has 6 rings (SSSR count). The van der Waals surface area contributed by atoms with Crippen molar-refractivity contribution in [1.82, 2.24) is 4.90 Å². The zero-order chi connectivity index (χ0) is 22.8. The second-order valence-corrected chi connectivity index (χ2v) is 8.88. The zero-order valence-corrected chi connectivity index (χ0v) is 18.3. The third-order valence-electron chi connectivity index (χ3n) is 6.96. The maximum atomic E-state index is 14.1. The minimum atomic E-state index is -0.959. The number of hydrogen-bond acceptors (Lipinski definition) is 3. The smallest absolute Gasteiger partial charge is 0.326 e. The van der Waals surface area contributed by atoms with E-state index >= 15 is 0 Å². The summed E-state index contributed by atoms with van der Waals surface area (Å²) in [6.45, 7) is 0. The first kappa shape index (κ1) is 21.3. The number of benzene rings is 3.